The van der Waals surface area contributed by atoms with Crippen LogP contribution in [0, 0.1) is 5.82 Å². The van der Waals surface area contributed by atoms with Gasteiger partial charge in [0.05, 0.1) is 17.8 Å². The average molecular weight is 577 g/mol. The number of aromatic nitrogens is 3. The van der Waals surface area contributed by atoms with Crippen LogP contribution in [0.5, 0.6) is 5.75 Å². The van der Waals surface area contributed by atoms with Crippen molar-refractivity contribution in [2.75, 3.05) is 18.9 Å². The number of nitrogens with two attached hydrogens (primary N) is 2. The van der Waals surface area contributed by atoms with E-state index in [1.54, 1.807) is 12.1 Å². The first-order chi connectivity index (χ1) is 19.4. The minimum atomic E-state index is -5.04. The number of alkyl halides is 3. The van der Waals surface area contributed by atoms with Gasteiger partial charge in [-0.15, -0.1) is 18.3 Å². The number of hydrogen-bond acceptors (Lipinski definition) is 9. The molecule has 0 aliphatic rings. The number of amides is 2. The Morgan fingerprint density at radius 2 is 1.88 bits per heavy atom. The summed E-state index contributed by atoms with van der Waals surface area (Å²) < 4.78 is 56.0. The Kier molecular flexibility index (Phi) is 10.5. The smallest absolute Gasteiger partial charge is 0.403 e. The Morgan fingerprint density at radius 3 is 2.56 bits per heavy atom. The number of unbranched alkanes of at least 4 members (excludes halogenated alkanes) is 1. The normalized spacial score (nSPS) is 11.6. The molecule has 0 fully saturated rings. The molecule has 0 spiro atoms. The van der Waals surface area contributed by atoms with Crippen molar-refractivity contribution in [3.8, 4) is 16.9 Å². The van der Waals surface area contributed by atoms with E-state index in [1.807, 2.05) is 0 Å². The first-order valence-electron chi connectivity index (χ1n) is 12.3. The molecule has 2 heterocycles. The molecule has 0 bridgehead atoms. The van der Waals surface area contributed by atoms with Crippen LogP contribution in [-0.2, 0) is 22.4 Å². The number of pyridine rings is 1. The molecule has 15 heteroatoms. The molecule has 0 saturated carbocycles. The number of halogens is 4. The highest BCUT2D eigenvalue weighted by Gasteiger charge is 2.32. The number of aryl methyl sites for hydroxylation is 1. The molecule has 11 nitrogen and oxygen atoms in total. The highest BCUT2D eigenvalue weighted by atomic mass is 19.4. The number of hydrazine groups is 1. The van der Waals surface area contributed by atoms with Gasteiger partial charge in [-0.2, -0.15) is 5.10 Å². The van der Waals surface area contributed by atoms with E-state index in [2.05, 4.69) is 30.6 Å². The predicted octanol–water partition coefficient (Wildman–Crippen LogP) is 2.80. The molecule has 41 heavy (non-hydrogen) atoms. The summed E-state index contributed by atoms with van der Waals surface area (Å²) in [6.45, 7) is 0.466. The van der Waals surface area contributed by atoms with Crippen molar-refractivity contribution >= 4 is 17.6 Å². The Labute approximate surface area is 232 Å². The van der Waals surface area contributed by atoms with E-state index >= 15 is 0 Å². The van der Waals surface area contributed by atoms with Gasteiger partial charge in [-0.25, -0.2) is 10.2 Å². The summed E-state index contributed by atoms with van der Waals surface area (Å²) in [6, 6.07) is 9.50. The van der Waals surface area contributed by atoms with Crippen LogP contribution in [0.3, 0.4) is 0 Å². The van der Waals surface area contributed by atoms with E-state index in [-0.39, 0.29) is 34.8 Å². The van der Waals surface area contributed by atoms with Gasteiger partial charge in [-0.05, 0) is 55.2 Å². The molecule has 2 aromatic heterocycles. The second-order valence-corrected chi connectivity index (χ2v) is 8.69. The number of hydrogen-bond donors (Lipinski definition) is 4. The van der Waals surface area contributed by atoms with Crippen molar-refractivity contribution in [1.29, 1.82) is 0 Å². The maximum atomic E-state index is 14.7. The molecule has 3 rings (SSSR count). The van der Waals surface area contributed by atoms with Crippen molar-refractivity contribution in [2.24, 2.45) is 11.6 Å². The van der Waals surface area contributed by atoms with Gasteiger partial charge in [-0.1, -0.05) is 12.1 Å². The maximum absolute atomic E-state index is 14.7. The van der Waals surface area contributed by atoms with Gasteiger partial charge in [0.25, 0.3) is 5.91 Å². The first kappa shape index (κ1) is 30.7. The lowest BCUT2D eigenvalue weighted by Crippen LogP contribution is -2.32. The lowest BCUT2D eigenvalue weighted by atomic mass is 10.0. The number of carbonyl (C=O) groups is 2. The highest BCUT2D eigenvalue weighted by Crippen LogP contribution is 2.32. The molecule has 0 saturated heterocycles. The van der Waals surface area contributed by atoms with E-state index in [4.69, 9.17) is 11.6 Å². The molecule has 0 radical (unpaired) electrons. The summed E-state index contributed by atoms with van der Waals surface area (Å²) in [7, 11) is 1.47. The average Bonchev–Trinajstić information content (AvgIpc) is 2.92. The summed E-state index contributed by atoms with van der Waals surface area (Å²) in [5.74, 6) is 2.96. The van der Waals surface area contributed by atoms with Crippen LogP contribution in [0.2, 0.25) is 0 Å². The molecule has 0 aliphatic heterocycles. The second kappa shape index (κ2) is 14.0. The van der Waals surface area contributed by atoms with Crippen molar-refractivity contribution in [1.82, 2.24) is 25.5 Å². The molecule has 6 N–H and O–H groups in total. The van der Waals surface area contributed by atoms with Gasteiger partial charge in [-0.3, -0.25) is 14.6 Å². The fraction of sp³-hybridized carbons (Fsp3) is 0.269. The second-order valence-electron chi connectivity index (χ2n) is 8.69. The quantitative estimate of drug-likeness (QED) is 0.0835. The van der Waals surface area contributed by atoms with Crippen molar-refractivity contribution in [2.45, 2.75) is 32.0 Å². The van der Waals surface area contributed by atoms with Gasteiger partial charge >= 0.3 is 6.36 Å². The fourth-order valence-corrected chi connectivity index (χ4v) is 3.64. The Hall–Kier alpha value is -4.79. The van der Waals surface area contributed by atoms with Crippen molar-refractivity contribution in [3.05, 3.63) is 77.8 Å². The van der Waals surface area contributed by atoms with E-state index < -0.39 is 29.7 Å². The third kappa shape index (κ3) is 9.72. The number of anilines is 1. The van der Waals surface area contributed by atoms with Crippen LogP contribution < -0.4 is 26.9 Å². The number of nitrogens with zero attached hydrogens (tertiary/aromatic N) is 4. The third-order valence-electron chi connectivity index (χ3n) is 5.54. The van der Waals surface area contributed by atoms with Crippen LogP contribution in [0.25, 0.3) is 11.1 Å². The summed E-state index contributed by atoms with van der Waals surface area (Å²) in [4.78, 5) is 28.0. The molecule has 0 aliphatic carbocycles. The largest absolute Gasteiger partial charge is 0.573 e. The SMILES string of the molecule is CNC(=O)/C(N)=C/N(N)CCCCc1ccc(NC(=O)Cc2cc(-c3cccc(OC(F)(F)F)c3F)ccn2)nn1. The zero-order valence-electron chi connectivity index (χ0n) is 21.9. The monoisotopic (exact) mass is 576 g/mol. The number of ether oxygens (including phenoxy) is 1. The molecule has 0 unspecified atom stereocenters. The fourth-order valence-electron chi connectivity index (χ4n) is 3.64. The zero-order valence-corrected chi connectivity index (χ0v) is 21.9. The topological polar surface area (TPSA) is 161 Å². The standard InChI is InChI=1S/C26H28F4N8O3/c1-33-25(40)20(31)15-38(32)12-3-2-5-17-8-9-22(37-36-17)35-23(39)14-18-13-16(10-11-34-18)19-6-4-7-21(24(19)27)41-26(28,29)30/h4,6-11,13,15H,2-3,5,12,14,31-32H2,1H3,(H,33,40)(H,35,37,39)/b20-15-. The van der Waals surface area contributed by atoms with E-state index in [0.717, 1.165) is 12.5 Å². The molecule has 1 aromatic carbocycles. The summed E-state index contributed by atoms with van der Waals surface area (Å²) in [5, 5.41) is 14.4. The lowest BCUT2D eigenvalue weighted by molar-refractivity contribution is -0.275. The Morgan fingerprint density at radius 1 is 1.10 bits per heavy atom. The number of nitrogens with one attached hydrogen (secondary N) is 2. The molecular weight excluding hydrogens is 548 g/mol. The van der Waals surface area contributed by atoms with Crippen molar-refractivity contribution < 1.29 is 31.9 Å². The Bertz CT molecular complexity index is 1380. The Balaban J connectivity index is 1.51. The van der Waals surface area contributed by atoms with Gasteiger partial charge in [0.1, 0.15) is 5.70 Å². The summed E-state index contributed by atoms with van der Waals surface area (Å²) in [5.41, 5.74) is 6.64. The predicted molar refractivity (Wildman–Crippen MR) is 141 cm³/mol. The lowest BCUT2D eigenvalue weighted by Gasteiger charge is -2.14. The van der Waals surface area contributed by atoms with E-state index in [0.29, 0.717) is 25.1 Å². The van der Waals surface area contributed by atoms with Gasteiger partial charge in [0.2, 0.25) is 5.91 Å². The number of carbonyl (C=O) groups excluding carboxylic acids is 2. The van der Waals surface area contributed by atoms with Crippen molar-refractivity contribution in [3.63, 3.8) is 0 Å². The highest BCUT2D eigenvalue weighted by molar-refractivity contribution is 5.92. The summed E-state index contributed by atoms with van der Waals surface area (Å²) in [6.07, 6.45) is -0.541. The number of benzene rings is 1. The van der Waals surface area contributed by atoms with Crippen LogP contribution in [0.15, 0.2) is 60.6 Å². The van der Waals surface area contributed by atoms with Crippen LogP contribution >= 0.6 is 0 Å². The van der Waals surface area contributed by atoms with Crippen LogP contribution in [0.4, 0.5) is 23.4 Å². The van der Waals surface area contributed by atoms with Crippen LogP contribution in [-0.4, -0.2) is 52.0 Å². The summed E-state index contributed by atoms with van der Waals surface area (Å²) >= 11 is 0. The zero-order chi connectivity index (χ0) is 30.0. The molecule has 0 atom stereocenters. The third-order valence-corrected chi connectivity index (χ3v) is 5.54. The molecule has 2 amide bonds. The molecule has 218 valence electrons. The molecule has 3 aromatic rings. The van der Waals surface area contributed by atoms with E-state index in [1.165, 1.54) is 48.7 Å². The molecular formula is C26H28F4N8O3. The van der Waals surface area contributed by atoms with E-state index in [9.17, 15) is 27.2 Å². The van der Waals surface area contributed by atoms with Gasteiger partial charge < -0.3 is 26.1 Å². The van der Waals surface area contributed by atoms with Gasteiger partial charge in [0, 0.05) is 31.6 Å². The van der Waals surface area contributed by atoms with Gasteiger partial charge in [0.15, 0.2) is 17.4 Å². The first-order valence-corrected chi connectivity index (χ1v) is 12.3. The maximum Gasteiger partial charge on any atom is 0.573 e. The minimum absolute atomic E-state index is 0.000583. The minimum Gasteiger partial charge on any atom is -0.403 e. The number of rotatable bonds is 12. The number of likely N-dealkylation sites (N-methyl/N-ethyl adjacent to an activating group) is 1. The van der Waals surface area contributed by atoms with Crippen LogP contribution in [0.1, 0.15) is 24.2 Å².